The van der Waals surface area contributed by atoms with Crippen molar-refractivity contribution in [3.05, 3.63) is 113 Å². The van der Waals surface area contributed by atoms with Crippen LogP contribution in [0.5, 0.6) is 5.75 Å². The molecule has 2 atom stereocenters. The lowest BCUT2D eigenvalue weighted by atomic mass is 10.0. The van der Waals surface area contributed by atoms with E-state index in [1.165, 1.54) is 19.2 Å². The quantitative estimate of drug-likeness (QED) is 0.111. The number of rotatable bonds is 16. The lowest BCUT2D eigenvalue weighted by molar-refractivity contribution is -0.138. The van der Waals surface area contributed by atoms with Gasteiger partial charge in [-0.3, -0.25) is 23.7 Å². The minimum Gasteiger partial charge on any atom is -0.497 e. The number of amides is 3. The van der Waals surface area contributed by atoms with Crippen LogP contribution >= 0.6 is 0 Å². The number of carboxylic acids is 1. The third kappa shape index (κ3) is 10.9. The maximum atomic E-state index is 13.7. The van der Waals surface area contributed by atoms with E-state index >= 15 is 0 Å². The Kier molecular flexibility index (Phi) is 12.2. The van der Waals surface area contributed by atoms with Gasteiger partial charge < -0.3 is 25.8 Å². The number of nitrogens with one attached hydrogen (secondary N) is 3. The predicted molar refractivity (Wildman–Crippen MR) is 179 cm³/mol. The monoisotopic (exact) mass is 675 g/mol. The molecule has 0 aromatic heterocycles. The Morgan fingerprint density at radius 2 is 1.42 bits per heavy atom. The molecule has 4 aromatic rings. The molecule has 48 heavy (non-hydrogen) atoms. The molecule has 4 rings (SSSR count). The summed E-state index contributed by atoms with van der Waals surface area (Å²) in [6, 6.07) is 23.8. The van der Waals surface area contributed by atoms with Gasteiger partial charge in [0.1, 0.15) is 23.6 Å². The molecule has 0 saturated carbocycles. The highest BCUT2D eigenvalue weighted by atomic mass is 32.2. The zero-order chi connectivity index (χ0) is 34.7. The van der Waals surface area contributed by atoms with E-state index in [1.54, 1.807) is 36.4 Å². The smallest absolute Gasteiger partial charge is 0.303 e. The van der Waals surface area contributed by atoms with Crippen LogP contribution in [0.15, 0.2) is 91.0 Å². The second-order valence-electron chi connectivity index (χ2n) is 11.2. The van der Waals surface area contributed by atoms with E-state index in [0.717, 1.165) is 21.9 Å². The average molecular weight is 676 g/mol. The van der Waals surface area contributed by atoms with Crippen LogP contribution in [0.25, 0.3) is 10.8 Å². The molecule has 0 saturated heterocycles. The first-order valence-electron chi connectivity index (χ1n) is 15.1. The SMILES string of the molecule is COc1ccc(CNC(=O)[C@H](CCC(=O)O)NC(=O)[C@H](Cc2ccc(CS(=O)(=O)O)cc2)NC(=O)Cc2cccc3ccccc23)cc1. The van der Waals surface area contributed by atoms with E-state index in [9.17, 15) is 37.3 Å². The lowest BCUT2D eigenvalue weighted by Gasteiger charge is -2.23. The van der Waals surface area contributed by atoms with Crippen LogP contribution in [0.2, 0.25) is 0 Å². The second-order valence-corrected chi connectivity index (χ2v) is 12.7. The molecule has 13 heteroatoms. The van der Waals surface area contributed by atoms with Gasteiger partial charge in [0.05, 0.1) is 13.5 Å². The molecule has 5 N–H and O–H groups in total. The summed E-state index contributed by atoms with van der Waals surface area (Å²) in [5, 5.41) is 19.2. The highest BCUT2D eigenvalue weighted by molar-refractivity contribution is 7.85. The number of benzene rings is 4. The van der Waals surface area contributed by atoms with E-state index in [-0.39, 0.29) is 25.8 Å². The fourth-order valence-corrected chi connectivity index (χ4v) is 5.77. The van der Waals surface area contributed by atoms with Gasteiger partial charge in [0, 0.05) is 19.4 Å². The number of aliphatic carboxylic acids is 1. The van der Waals surface area contributed by atoms with Crippen molar-refractivity contribution in [1.82, 2.24) is 16.0 Å². The summed E-state index contributed by atoms with van der Waals surface area (Å²) in [7, 11) is -2.72. The number of carbonyl (C=O) groups excluding carboxylic acids is 3. The lowest BCUT2D eigenvalue weighted by Crippen LogP contribution is -2.54. The topological polar surface area (TPSA) is 188 Å². The Morgan fingerprint density at radius 1 is 0.771 bits per heavy atom. The zero-order valence-corrected chi connectivity index (χ0v) is 27.0. The molecule has 0 unspecified atom stereocenters. The second kappa shape index (κ2) is 16.5. The highest BCUT2D eigenvalue weighted by Crippen LogP contribution is 2.19. The van der Waals surface area contributed by atoms with Gasteiger partial charge in [0.15, 0.2) is 0 Å². The molecule has 12 nitrogen and oxygen atoms in total. The number of carboxylic acid groups (broad SMARTS) is 1. The van der Waals surface area contributed by atoms with E-state index in [1.807, 2.05) is 42.5 Å². The van der Waals surface area contributed by atoms with Gasteiger partial charge in [-0.25, -0.2) is 0 Å². The van der Waals surface area contributed by atoms with E-state index in [2.05, 4.69) is 16.0 Å². The molecular weight excluding hydrogens is 638 g/mol. The third-order valence-electron chi connectivity index (χ3n) is 7.60. The number of carbonyl (C=O) groups is 4. The molecule has 3 amide bonds. The van der Waals surface area contributed by atoms with Crippen molar-refractivity contribution < 1.29 is 42.0 Å². The molecule has 0 radical (unpaired) electrons. The van der Waals surface area contributed by atoms with Crippen LogP contribution in [0.1, 0.15) is 35.1 Å². The molecule has 0 aliphatic carbocycles. The van der Waals surface area contributed by atoms with Crippen molar-refractivity contribution in [1.29, 1.82) is 0 Å². The molecule has 0 fully saturated rings. The maximum absolute atomic E-state index is 13.7. The summed E-state index contributed by atoms with van der Waals surface area (Å²) in [6.07, 6.45) is -0.660. The molecule has 252 valence electrons. The van der Waals surface area contributed by atoms with Crippen molar-refractivity contribution in [2.75, 3.05) is 7.11 Å². The molecule has 0 spiro atoms. The van der Waals surface area contributed by atoms with Gasteiger partial charge in [-0.2, -0.15) is 8.42 Å². The Bertz CT molecular complexity index is 1860. The van der Waals surface area contributed by atoms with Gasteiger partial charge in [-0.15, -0.1) is 0 Å². The molecule has 4 aromatic carbocycles. The summed E-state index contributed by atoms with van der Waals surface area (Å²) >= 11 is 0. The Morgan fingerprint density at radius 3 is 2.08 bits per heavy atom. The summed E-state index contributed by atoms with van der Waals surface area (Å²) in [5.41, 5.74) is 2.38. The summed E-state index contributed by atoms with van der Waals surface area (Å²) < 4.78 is 36.9. The van der Waals surface area contributed by atoms with Crippen LogP contribution in [0, 0.1) is 0 Å². The van der Waals surface area contributed by atoms with Crippen LogP contribution in [0.3, 0.4) is 0 Å². The average Bonchev–Trinajstić information content (AvgIpc) is 3.05. The van der Waals surface area contributed by atoms with Gasteiger partial charge in [-0.1, -0.05) is 78.9 Å². The first-order valence-corrected chi connectivity index (χ1v) is 16.7. The molecule has 0 bridgehead atoms. The summed E-state index contributed by atoms with van der Waals surface area (Å²) in [5.74, 6) is -2.87. The summed E-state index contributed by atoms with van der Waals surface area (Å²) in [4.78, 5) is 51.7. The molecule has 0 aliphatic rings. The molecule has 0 aliphatic heterocycles. The van der Waals surface area contributed by atoms with Gasteiger partial charge >= 0.3 is 5.97 Å². The summed E-state index contributed by atoms with van der Waals surface area (Å²) in [6.45, 7) is 0.114. The largest absolute Gasteiger partial charge is 0.497 e. The third-order valence-corrected chi connectivity index (χ3v) is 8.30. The first-order chi connectivity index (χ1) is 22.9. The Labute approximate surface area is 278 Å². The van der Waals surface area contributed by atoms with Gasteiger partial charge in [-0.05, 0) is 51.6 Å². The van der Waals surface area contributed by atoms with Crippen molar-refractivity contribution >= 4 is 44.6 Å². The fraction of sp³-hybridized carbons (Fsp3) is 0.257. The van der Waals surface area contributed by atoms with Crippen molar-refractivity contribution in [2.45, 2.75) is 50.1 Å². The molecule has 0 heterocycles. The number of hydrogen-bond donors (Lipinski definition) is 5. The van der Waals surface area contributed by atoms with Crippen molar-refractivity contribution in [3.63, 3.8) is 0 Å². The minimum absolute atomic E-state index is 0.0294. The number of hydrogen-bond acceptors (Lipinski definition) is 7. The molecular formula is C35H37N3O9S. The number of ether oxygens (including phenoxy) is 1. The van der Waals surface area contributed by atoms with Gasteiger partial charge in [0.25, 0.3) is 10.1 Å². The van der Waals surface area contributed by atoms with Crippen LogP contribution in [0.4, 0.5) is 0 Å². The normalized spacial score (nSPS) is 12.5. The number of methoxy groups -OCH3 is 1. The Balaban J connectivity index is 1.53. The minimum atomic E-state index is -4.25. The fourth-order valence-electron chi connectivity index (χ4n) is 5.16. The van der Waals surface area contributed by atoms with Crippen molar-refractivity contribution in [3.8, 4) is 5.75 Å². The maximum Gasteiger partial charge on any atom is 0.303 e. The van der Waals surface area contributed by atoms with E-state index in [4.69, 9.17) is 4.74 Å². The van der Waals surface area contributed by atoms with Crippen LogP contribution < -0.4 is 20.7 Å². The van der Waals surface area contributed by atoms with E-state index in [0.29, 0.717) is 16.9 Å². The zero-order valence-electron chi connectivity index (χ0n) is 26.2. The first kappa shape index (κ1) is 35.6. The van der Waals surface area contributed by atoms with Crippen LogP contribution in [-0.4, -0.2) is 61.0 Å². The number of fused-ring (bicyclic) bond motifs is 1. The Hall–Kier alpha value is -5.27. The standard InChI is InChI=1S/C35H37N3O9S/c1-47-28-15-13-24(14-16-28)21-36-34(42)30(17-18-33(40)41)38-35(43)31(19-23-9-11-25(12-10-23)22-48(44,45)46)37-32(39)20-27-7-4-6-26-5-2-3-8-29(26)27/h2-16,30-31H,17-22H2,1H3,(H,36,42)(H,37,39)(H,38,43)(H,40,41)(H,44,45,46)/t30-,31-/m0/s1. The van der Waals surface area contributed by atoms with Crippen LogP contribution in [-0.2, 0) is 54.4 Å². The highest BCUT2D eigenvalue weighted by Gasteiger charge is 2.28. The van der Waals surface area contributed by atoms with Gasteiger partial charge in [0.2, 0.25) is 17.7 Å². The van der Waals surface area contributed by atoms with Crippen molar-refractivity contribution in [2.24, 2.45) is 0 Å². The predicted octanol–water partition coefficient (Wildman–Crippen LogP) is 3.17. The van der Waals surface area contributed by atoms with E-state index < -0.39 is 58.1 Å².